The Morgan fingerprint density at radius 3 is 2.77 bits per heavy atom. The first-order valence-electron chi connectivity index (χ1n) is 12.5. The molecule has 8 heteroatoms. The first-order chi connectivity index (χ1) is 17.1. The number of para-hydroxylation sites is 1. The number of hydrogen-bond donors (Lipinski definition) is 0. The molecule has 1 amide bonds. The molecule has 5 heterocycles. The monoisotopic (exact) mass is 468 g/mol. The topological polar surface area (TPSA) is 80.3 Å². The summed E-state index contributed by atoms with van der Waals surface area (Å²) in [6, 6.07) is 11.8. The normalized spacial score (nSPS) is 22.6. The number of benzene rings is 1. The third kappa shape index (κ3) is 3.55. The van der Waals surface area contributed by atoms with E-state index in [0.29, 0.717) is 28.9 Å². The molecule has 1 aliphatic carbocycles. The third-order valence-electron chi connectivity index (χ3n) is 7.87. The van der Waals surface area contributed by atoms with E-state index in [1.165, 1.54) is 6.42 Å². The van der Waals surface area contributed by atoms with E-state index in [-0.39, 0.29) is 11.3 Å². The van der Waals surface area contributed by atoms with E-state index in [4.69, 9.17) is 9.40 Å². The minimum atomic E-state index is 0.0954. The van der Waals surface area contributed by atoms with Crippen LogP contribution >= 0.6 is 0 Å². The van der Waals surface area contributed by atoms with Crippen LogP contribution in [0.1, 0.15) is 47.7 Å². The van der Waals surface area contributed by atoms with Gasteiger partial charge in [-0.3, -0.25) is 4.79 Å². The number of aromatic nitrogens is 4. The Hall–Kier alpha value is -3.52. The molecule has 1 aromatic carbocycles. The smallest absolute Gasteiger partial charge is 0.257 e. The predicted molar refractivity (Wildman–Crippen MR) is 131 cm³/mol. The van der Waals surface area contributed by atoms with Gasteiger partial charge in [0.1, 0.15) is 11.3 Å². The Morgan fingerprint density at radius 2 is 1.97 bits per heavy atom. The van der Waals surface area contributed by atoms with Crippen LogP contribution in [0.3, 0.4) is 0 Å². The minimum absolute atomic E-state index is 0.0954. The van der Waals surface area contributed by atoms with Crippen LogP contribution < -0.4 is 0 Å². The molecule has 3 aliphatic rings. The lowest BCUT2D eigenvalue weighted by molar-refractivity contribution is 0.0772. The fourth-order valence-corrected chi connectivity index (χ4v) is 5.90. The van der Waals surface area contributed by atoms with Gasteiger partial charge in [-0.05, 0) is 57.5 Å². The molecule has 4 aromatic rings. The molecule has 2 saturated heterocycles. The van der Waals surface area contributed by atoms with Crippen molar-refractivity contribution < 1.29 is 9.21 Å². The molecular formula is C27H28N6O2. The summed E-state index contributed by atoms with van der Waals surface area (Å²) in [5.41, 5.74) is 3.42. The highest BCUT2D eigenvalue weighted by atomic mass is 16.3. The van der Waals surface area contributed by atoms with Gasteiger partial charge in [-0.1, -0.05) is 18.2 Å². The Bertz CT molecular complexity index is 1400. The van der Waals surface area contributed by atoms with Gasteiger partial charge in [0.2, 0.25) is 0 Å². The van der Waals surface area contributed by atoms with Crippen molar-refractivity contribution >= 4 is 16.9 Å². The van der Waals surface area contributed by atoms with Gasteiger partial charge in [-0.25, -0.2) is 14.6 Å². The van der Waals surface area contributed by atoms with Crippen molar-refractivity contribution in [1.29, 1.82) is 0 Å². The van der Waals surface area contributed by atoms with Crippen LogP contribution in [0.25, 0.3) is 28.4 Å². The molecule has 7 rings (SSSR count). The van der Waals surface area contributed by atoms with Crippen LogP contribution in [0, 0.1) is 5.41 Å². The lowest BCUT2D eigenvalue weighted by atomic mass is 9.86. The molecule has 178 valence electrons. The maximum atomic E-state index is 13.7. The Balaban J connectivity index is 1.21. The summed E-state index contributed by atoms with van der Waals surface area (Å²) >= 11 is 0. The molecule has 1 spiro atoms. The highest BCUT2D eigenvalue weighted by molar-refractivity contribution is 5.96. The largest absolute Gasteiger partial charge is 0.454 e. The summed E-state index contributed by atoms with van der Waals surface area (Å²) in [5, 5.41) is 5.66. The summed E-state index contributed by atoms with van der Waals surface area (Å²) in [6.45, 7) is 3.85. The van der Waals surface area contributed by atoms with Crippen molar-refractivity contribution in [3.05, 3.63) is 60.0 Å². The van der Waals surface area contributed by atoms with E-state index in [0.717, 1.165) is 62.1 Å². The Kier molecular flexibility index (Phi) is 4.61. The second kappa shape index (κ2) is 7.75. The van der Waals surface area contributed by atoms with Crippen LogP contribution in [0.5, 0.6) is 0 Å². The molecule has 1 atom stereocenters. The van der Waals surface area contributed by atoms with Crippen molar-refractivity contribution in [2.45, 2.75) is 31.6 Å². The zero-order valence-corrected chi connectivity index (χ0v) is 19.9. The van der Waals surface area contributed by atoms with Crippen molar-refractivity contribution in [2.75, 3.05) is 33.2 Å². The number of carbonyl (C=O) groups is 1. The van der Waals surface area contributed by atoms with Gasteiger partial charge < -0.3 is 14.2 Å². The number of hydrogen-bond acceptors (Lipinski definition) is 6. The van der Waals surface area contributed by atoms with E-state index in [1.54, 1.807) is 17.1 Å². The zero-order chi connectivity index (χ0) is 23.6. The van der Waals surface area contributed by atoms with Gasteiger partial charge in [-0.15, -0.1) is 0 Å². The summed E-state index contributed by atoms with van der Waals surface area (Å²) in [4.78, 5) is 27.4. The molecule has 2 aliphatic heterocycles. The summed E-state index contributed by atoms with van der Waals surface area (Å²) in [6.07, 6.45) is 7.82. The molecule has 0 bridgehead atoms. The van der Waals surface area contributed by atoms with Crippen molar-refractivity contribution in [1.82, 2.24) is 29.5 Å². The molecule has 0 N–H and O–H groups in total. The number of rotatable bonds is 4. The first kappa shape index (κ1) is 20.8. The van der Waals surface area contributed by atoms with E-state index in [1.807, 2.05) is 41.3 Å². The van der Waals surface area contributed by atoms with E-state index < -0.39 is 0 Å². The van der Waals surface area contributed by atoms with Gasteiger partial charge in [0, 0.05) is 42.6 Å². The Morgan fingerprint density at radius 1 is 1.11 bits per heavy atom. The number of amides is 1. The molecule has 0 radical (unpaired) electrons. The highest BCUT2D eigenvalue weighted by Gasteiger charge is 2.45. The van der Waals surface area contributed by atoms with E-state index in [2.05, 4.69) is 22.0 Å². The van der Waals surface area contributed by atoms with Crippen LogP contribution in [-0.2, 0) is 0 Å². The summed E-state index contributed by atoms with van der Waals surface area (Å²) in [5.74, 6) is 1.58. The van der Waals surface area contributed by atoms with E-state index >= 15 is 0 Å². The molecular weight excluding hydrogens is 440 g/mol. The van der Waals surface area contributed by atoms with E-state index in [9.17, 15) is 4.79 Å². The van der Waals surface area contributed by atoms with Gasteiger partial charge in [0.25, 0.3) is 11.9 Å². The molecule has 3 aromatic heterocycles. The fraction of sp³-hybridized carbons (Fsp3) is 0.407. The molecule has 35 heavy (non-hydrogen) atoms. The average Bonchev–Trinajstić information content (AvgIpc) is 3.22. The quantitative estimate of drug-likeness (QED) is 0.448. The Labute approximate surface area is 203 Å². The standard InChI is InChI=1S/C27H28N6O2/c1-31-12-9-27(16-31)10-13-32(17-27)25(34)20-15-29-33(24(20)18-6-7-18)26-28-11-8-21(30-26)23-14-19-4-2-3-5-22(19)35-23/h2-5,8,11,14-15,18H,6-7,9-10,12-13,16-17H2,1H3/t27-/m1/s1. The fourth-order valence-electron chi connectivity index (χ4n) is 5.90. The number of fused-ring (bicyclic) bond motifs is 1. The lowest BCUT2D eigenvalue weighted by Gasteiger charge is -2.23. The van der Waals surface area contributed by atoms with Crippen LogP contribution in [0.2, 0.25) is 0 Å². The van der Waals surface area contributed by atoms with Gasteiger partial charge >= 0.3 is 0 Å². The first-order valence-corrected chi connectivity index (χ1v) is 12.5. The second-order valence-corrected chi connectivity index (χ2v) is 10.5. The molecule has 8 nitrogen and oxygen atoms in total. The van der Waals surface area contributed by atoms with Gasteiger partial charge in [0.15, 0.2) is 5.76 Å². The molecule has 0 unspecified atom stereocenters. The summed E-state index contributed by atoms with van der Waals surface area (Å²) < 4.78 is 7.79. The SMILES string of the molecule is CN1CC[C@@]2(CCN(C(=O)c3cnn(-c4nccc(-c5cc6ccccc6o5)n4)c3C3CC3)C2)C1. The van der Waals surface area contributed by atoms with Crippen molar-refractivity contribution in [3.63, 3.8) is 0 Å². The predicted octanol–water partition coefficient (Wildman–Crippen LogP) is 4.12. The number of furan rings is 1. The lowest BCUT2D eigenvalue weighted by Crippen LogP contribution is -2.33. The molecule has 3 fully saturated rings. The maximum absolute atomic E-state index is 13.7. The second-order valence-electron chi connectivity index (χ2n) is 10.5. The number of nitrogens with zero attached hydrogens (tertiary/aromatic N) is 6. The van der Waals surface area contributed by atoms with Crippen molar-refractivity contribution in [2.24, 2.45) is 5.41 Å². The average molecular weight is 469 g/mol. The zero-order valence-electron chi connectivity index (χ0n) is 19.9. The summed E-state index contributed by atoms with van der Waals surface area (Å²) in [7, 11) is 2.17. The molecule has 1 saturated carbocycles. The number of likely N-dealkylation sites (tertiary alicyclic amines) is 2. The highest BCUT2D eigenvalue weighted by Crippen LogP contribution is 2.44. The number of carbonyl (C=O) groups excluding carboxylic acids is 1. The van der Waals surface area contributed by atoms with Crippen molar-refractivity contribution in [3.8, 4) is 17.4 Å². The van der Waals surface area contributed by atoms with Crippen LogP contribution in [0.4, 0.5) is 0 Å². The van der Waals surface area contributed by atoms with Crippen LogP contribution in [-0.4, -0.2) is 68.7 Å². The maximum Gasteiger partial charge on any atom is 0.257 e. The van der Waals surface area contributed by atoms with Crippen LogP contribution in [0.15, 0.2) is 53.2 Å². The van der Waals surface area contributed by atoms with Gasteiger partial charge in [-0.2, -0.15) is 5.10 Å². The van der Waals surface area contributed by atoms with Gasteiger partial charge in [0.05, 0.1) is 17.5 Å². The minimum Gasteiger partial charge on any atom is -0.454 e. The third-order valence-corrected chi connectivity index (χ3v) is 7.87.